The van der Waals surface area contributed by atoms with Gasteiger partial charge < -0.3 is 19.7 Å². The molecule has 32 heavy (non-hydrogen) atoms. The summed E-state index contributed by atoms with van der Waals surface area (Å²) in [7, 11) is 0. The zero-order chi connectivity index (χ0) is 23.1. The average Bonchev–Trinajstić information content (AvgIpc) is 3.19. The molecule has 0 radical (unpaired) electrons. The van der Waals surface area contributed by atoms with Crippen LogP contribution >= 0.6 is 0 Å². The highest BCUT2D eigenvalue weighted by molar-refractivity contribution is 6.00. The number of hydrogen-bond donors (Lipinski definition) is 1. The van der Waals surface area contributed by atoms with E-state index in [1.54, 1.807) is 37.3 Å². The first-order valence-corrected chi connectivity index (χ1v) is 10.5. The number of nitrogens with one attached hydrogen (secondary N) is 1. The Morgan fingerprint density at radius 3 is 2.44 bits per heavy atom. The van der Waals surface area contributed by atoms with Crippen molar-refractivity contribution in [1.82, 2.24) is 0 Å². The number of ether oxygens (including phenoxy) is 2. The summed E-state index contributed by atoms with van der Waals surface area (Å²) in [5.74, 6) is -2.36. The molecule has 0 aromatic heterocycles. The highest BCUT2D eigenvalue weighted by Gasteiger charge is 2.36. The number of para-hydroxylation sites is 1. The number of benzene rings is 2. The number of esters is 2. The van der Waals surface area contributed by atoms with Crippen molar-refractivity contribution in [2.24, 2.45) is 5.92 Å². The van der Waals surface area contributed by atoms with Crippen LogP contribution in [-0.2, 0) is 30.3 Å². The van der Waals surface area contributed by atoms with Crippen LogP contribution in [0.1, 0.15) is 36.2 Å². The third-order valence-electron chi connectivity index (χ3n) is 5.17. The van der Waals surface area contributed by atoms with Crippen LogP contribution in [0.5, 0.6) is 0 Å². The van der Waals surface area contributed by atoms with Crippen molar-refractivity contribution in [1.29, 1.82) is 0 Å². The Balaban J connectivity index is 1.53. The molecule has 0 spiro atoms. The zero-order valence-electron chi connectivity index (χ0n) is 18.1. The van der Waals surface area contributed by atoms with Gasteiger partial charge in [0, 0.05) is 24.3 Å². The molecule has 1 atom stereocenters. The van der Waals surface area contributed by atoms with Gasteiger partial charge in [0.2, 0.25) is 5.91 Å². The van der Waals surface area contributed by atoms with Gasteiger partial charge in [-0.15, -0.1) is 0 Å². The van der Waals surface area contributed by atoms with Gasteiger partial charge >= 0.3 is 11.9 Å². The molecule has 2 amide bonds. The molecule has 1 saturated heterocycles. The third-order valence-corrected chi connectivity index (χ3v) is 5.17. The van der Waals surface area contributed by atoms with Crippen molar-refractivity contribution in [3.8, 4) is 0 Å². The van der Waals surface area contributed by atoms with Crippen molar-refractivity contribution in [3.05, 3.63) is 59.7 Å². The predicted octanol–water partition coefficient (Wildman–Crippen LogP) is 2.96. The first-order valence-electron chi connectivity index (χ1n) is 10.5. The number of aryl methyl sites for hydroxylation is 1. The maximum Gasteiger partial charge on any atom is 0.338 e. The topological polar surface area (TPSA) is 102 Å². The summed E-state index contributed by atoms with van der Waals surface area (Å²) in [5, 5.41) is 2.74. The predicted molar refractivity (Wildman–Crippen MR) is 118 cm³/mol. The van der Waals surface area contributed by atoms with Crippen molar-refractivity contribution >= 4 is 35.1 Å². The number of amides is 2. The molecule has 8 heteroatoms. The molecule has 1 fully saturated rings. The quantitative estimate of drug-likeness (QED) is 0.636. The molecule has 1 aliphatic heterocycles. The lowest BCUT2D eigenvalue weighted by Gasteiger charge is -2.17. The minimum absolute atomic E-state index is 0.00124. The molecule has 1 heterocycles. The third kappa shape index (κ3) is 5.51. The minimum Gasteiger partial charge on any atom is -0.462 e. The summed E-state index contributed by atoms with van der Waals surface area (Å²) >= 11 is 0. The van der Waals surface area contributed by atoms with Gasteiger partial charge in [-0.05, 0) is 49.2 Å². The summed E-state index contributed by atoms with van der Waals surface area (Å²) in [5.41, 5.74) is 2.63. The van der Waals surface area contributed by atoms with Gasteiger partial charge in [0.15, 0.2) is 6.61 Å². The average molecular weight is 438 g/mol. The number of hydrogen-bond acceptors (Lipinski definition) is 6. The summed E-state index contributed by atoms with van der Waals surface area (Å²) < 4.78 is 10.1. The standard InChI is InChI=1S/C24H26N2O6/c1-3-16-7-5-6-8-20(16)25-21(27)15-32-24(30)18-13-22(28)26(14-18)19-11-9-17(10-12-19)23(29)31-4-2/h5-12,18H,3-4,13-15H2,1-2H3,(H,25,27)/t18-/m1/s1. The number of carbonyl (C=O) groups excluding carboxylic acids is 4. The van der Waals surface area contributed by atoms with E-state index < -0.39 is 30.4 Å². The minimum atomic E-state index is -0.664. The van der Waals surface area contributed by atoms with E-state index in [1.165, 1.54) is 4.90 Å². The smallest absolute Gasteiger partial charge is 0.338 e. The molecule has 0 unspecified atom stereocenters. The van der Waals surface area contributed by atoms with Crippen LogP contribution in [-0.4, -0.2) is 43.5 Å². The van der Waals surface area contributed by atoms with Crippen molar-refractivity contribution in [2.45, 2.75) is 26.7 Å². The lowest BCUT2D eigenvalue weighted by molar-refractivity contribution is -0.151. The molecule has 2 aromatic carbocycles. The SMILES string of the molecule is CCOC(=O)c1ccc(N2C[C@H](C(=O)OCC(=O)Nc3ccccc3CC)CC2=O)cc1. The van der Waals surface area contributed by atoms with Gasteiger partial charge in [-0.25, -0.2) is 4.79 Å². The van der Waals surface area contributed by atoms with E-state index in [9.17, 15) is 19.2 Å². The van der Waals surface area contributed by atoms with Crippen LogP contribution in [0, 0.1) is 5.92 Å². The fraction of sp³-hybridized carbons (Fsp3) is 0.333. The van der Waals surface area contributed by atoms with Crippen LogP contribution in [0.4, 0.5) is 11.4 Å². The van der Waals surface area contributed by atoms with E-state index in [2.05, 4.69) is 5.32 Å². The van der Waals surface area contributed by atoms with E-state index in [0.29, 0.717) is 16.9 Å². The second-order valence-corrected chi connectivity index (χ2v) is 7.34. The molecule has 0 aliphatic carbocycles. The highest BCUT2D eigenvalue weighted by Crippen LogP contribution is 2.26. The lowest BCUT2D eigenvalue weighted by Crippen LogP contribution is -2.28. The summed E-state index contributed by atoms with van der Waals surface area (Å²) in [6, 6.07) is 13.8. The van der Waals surface area contributed by atoms with E-state index in [4.69, 9.17) is 9.47 Å². The first-order chi connectivity index (χ1) is 15.4. The Labute approximate surface area is 186 Å². The number of nitrogens with zero attached hydrogens (tertiary/aromatic N) is 1. The van der Waals surface area contributed by atoms with Gasteiger partial charge in [0.05, 0.1) is 18.1 Å². The summed E-state index contributed by atoms with van der Waals surface area (Å²) in [4.78, 5) is 50.2. The molecule has 8 nitrogen and oxygen atoms in total. The molecule has 2 aromatic rings. The lowest BCUT2D eigenvalue weighted by atomic mass is 10.1. The molecule has 1 N–H and O–H groups in total. The first kappa shape index (κ1) is 23.0. The molecule has 1 aliphatic rings. The fourth-order valence-corrected chi connectivity index (χ4v) is 3.50. The Morgan fingerprint density at radius 2 is 1.75 bits per heavy atom. The Kier molecular flexibility index (Phi) is 7.59. The van der Waals surface area contributed by atoms with Gasteiger partial charge in [-0.2, -0.15) is 0 Å². The maximum atomic E-state index is 12.4. The van der Waals surface area contributed by atoms with Crippen molar-refractivity contribution in [2.75, 3.05) is 30.0 Å². The van der Waals surface area contributed by atoms with E-state index >= 15 is 0 Å². The zero-order valence-corrected chi connectivity index (χ0v) is 18.1. The van der Waals surface area contributed by atoms with Crippen LogP contribution in [0.15, 0.2) is 48.5 Å². The summed E-state index contributed by atoms with van der Waals surface area (Å²) in [6.07, 6.45) is 0.760. The van der Waals surface area contributed by atoms with Gasteiger partial charge in [0.25, 0.3) is 5.91 Å². The van der Waals surface area contributed by atoms with Crippen LogP contribution < -0.4 is 10.2 Å². The monoisotopic (exact) mass is 438 g/mol. The van der Waals surface area contributed by atoms with Gasteiger partial charge in [-0.1, -0.05) is 25.1 Å². The fourth-order valence-electron chi connectivity index (χ4n) is 3.50. The second kappa shape index (κ2) is 10.6. The largest absolute Gasteiger partial charge is 0.462 e. The maximum absolute atomic E-state index is 12.4. The van der Waals surface area contributed by atoms with E-state index in [-0.39, 0.29) is 25.5 Å². The molecule has 0 saturated carbocycles. The summed E-state index contributed by atoms with van der Waals surface area (Å²) in [6.45, 7) is 3.71. The molecule has 0 bridgehead atoms. The molecular weight excluding hydrogens is 412 g/mol. The van der Waals surface area contributed by atoms with E-state index in [1.807, 2.05) is 25.1 Å². The number of anilines is 2. The molecule has 168 valence electrons. The number of carbonyl (C=O) groups is 4. The van der Waals surface area contributed by atoms with Crippen LogP contribution in [0.3, 0.4) is 0 Å². The van der Waals surface area contributed by atoms with E-state index in [0.717, 1.165) is 12.0 Å². The van der Waals surface area contributed by atoms with Crippen LogP contribution in [0.25, 0.3) is 0 Å². The Hall–Kier alpha value is -3.68. The number of rotatable bonds is 8. The Morgan fingerprint density at radius 1 is 1.03 bits per heavy atom. The van der Waals surface area contributed by atoms with Crippen molar-refractivity contribution in [3.63, 3.8) is 0 Å². The van der Waals surface area contributed by atoms with Crippen molar-refractivity contribution < 1.29 is 28.7 Å². The molecular formula is C24H26N2O6. The van der Waals surface area contributed by atoms with Gasteiger partial charge in [-0.3, -0.25) is 14.4 Å². The van der Waals surface area contributed by atoms with Crippen LogP contribution in [0.2, 0.25) is 0 Å². The highest BCUT2D eigenvalue weighted by atomic mass is 16.5. The molecule has 3 rings (SSSR count). The Bertz CT molecular complexity index is 1000. The normalized spacial score (nSPS) is 15.4. The second-order valence-electron chi connectivity index (χ2n) is 7.34. The van der Waals surface area contributed by atoms with Gasteiger partial charge in [0.1, 0.15) is 0 Å².